The summed E-state index contributed by atoms with van der Waals surface area (Å²) in [6, 6.07) is 11.2. The van der Waals surface area contributed by atoms with Gasteiger partial charge >= 0.3 is 0 Å². The third-order valence-electron chi connectivity index (χ3n) is 3.73. The summed E-state index contributed by atoms with van der Waals surface area (Å²) in [5, 5.41) is 11.7. The Labute approximate surface area is 177 Å². The van der Waals surface area contributed by atoms with Gasteiger partial charge in [0.25, 0.3) is 0 Å². The molecular formula is C20H21BrN4O4. The van der Waals surface area contributed by atoms with Crippen LogP contribution in [0.25, 0.3) is 0 Å². The second-order valence-electron chi connectivity index (χ2n) is 5.70. The van der Waals surface area contributed by atoms with E-state index in [1.54, 1.807) is 13.3 Å². The topological polar surface area (TPSA) is 80.0 Å². The number of nitrogens with zero attached hydrogens (tertiary/aromatic N) is 4. The molecule has 3 rings (SSSR count). The van der Waals surface area contributed by atoms with Crippen LogP contribution < -0.4 is 18.9 Å². The van der Waals surface area contributed by atoms with E-state index in [1.807, 2.05) is 43.3 Å². The maximum atomic E-state index is 5.91. The van der Waals surface area contributed by atoms with Crippen LogP contribution in [0.3, 0.4) is 0 Å². The van der Waals surface area contributed by atoms with Crippen LogP contribution in [0.4, 0.5) is 0 Å². The summed E-state index contributed by atoms with van der Waals surface area (Å²) < 4.78 is 24.9. The Kier molecular flexibility index (Phi) is 7.46. The predicted molar refractivity (Wildman–Crippen MR) is 112 cm³/mol. The lowest BCUT2D eigenvalue weighted by atomic mass is 10.2. The maximum Gasteiger partial charge on any atom is 0.175 e. The first-order valence-electron chi connectivity index (χ1n) is 8.95. The second-order valence-corrected chi connectivity index (χ2v) is 6.55. The zero-order valence-electron chi connectivity index (χ0n) is 16.1. The van der Waals surface area contributed by atoms with Crippen molar-refractivity contribution in [2.75, 3.05) is 26.9 Å². The lowest BCUT2D eigenvalue weighted by molar-refractivity contribution is 0.202. The molecule has 0 unspecified atom stereocenters. The van der Waals surface area contributed by atoms with Crippen molar-refractivity contribution < 1.29 is 18.9 Å². The molecule has 0 amide bonds. The maximum absolute atomic E-state index is 5.91. The monoisotopic (exact) mass is 460 g/mol. The lowest BCUT2D eigenvalue weighted by Gasteiger charge is -2.15. The first-order valence-corrected chi connectivity index (χ1v) is 9.74. The lowest BCUT2D eigenvalue weighted by Crippen LogP contribution is -2.11. The predicted octanol–water partition coefficient (Wildman–Crippen LogP) is 3.79. The van der Waals surface area contributed by atoms with Gasteiger partial charge in [0.2, 0.25) is 0 Å². The molecule has 29 heavy (non-hydrogen) atoms. The molecule has 1 aromatic heterocycles. The Morgan fingerprint density at radius 2 is 1.72 bits per heavy atom. The summed E-state index contributed by atoms with van der Waals surface area (Å²) in [4.78, 5) is 0. The van der Waals surface area contributed by atoms with Crippen LogP contribution in [0.1, 0.15) is 12.5 Å². The Balaban J connectivity index is 1.66. The van der Waals surface area contributed by atoms with Gasteiger partial charge in [-0.25, -0.2) is 4.68 Å². The molecule has 0 N–H and O–H groups in total. The van der Waals surface area contributed by atoms with E-state index in [4.69, 9.17) is 18.9 Å². The molecule has 0 fully saturated rings. The largest absolute Gasteiger partial charge is 0.493 e. The number of ether oxygens (including phenoxy) is 4. The standard InChI is InChI=1S/C20H21BrN4O4/c1-3-27-19-11-15(12-24-25-13-22-23-14-25)10-16(21)20(19)29-9-8-28-18-7-5-4-6-17(18)26-2/h4-7,10-14H,3,8-9H2,1-2H3. The Morgan fingerprint density at radius 1 is 1.00 bits per heavy atom. The summed E-state index contributed by atoms with van der Waals surface area (Å²) in [5.74, 6) is 2.57. The van der Waals surface area contributed by atoms with Crippen LogP contribution in [0.5, 0.6) is 23.0 Å². The Hall–Kier alpha value is -3.07. The summed E-state index contributed by atoms with van der Waals surface area (Å²) >= 11 is 3.55. The number of methoxy groups -OCH3 is 1. The SMILES string of the molecule is CCOc1cc(C=Nn2cnnc2)cc(Br)c1OCCOc1ccccc1OC. The summed E-state index contributed by atoms with van der Waals surface area (Å²) in [5.41, 5.74) is 0.839. The molecule has 2 aromatic carbocycles. The number of benzene rings is 2. The number of rotatable bonds is 10. The van der Waals surface area contributed by atoms with Crippen molar-refractivity contribution >= 4 is 22.1 Å². The summed E-state index contributed by atoms with van der Waals surface area (Å²) in [6.07, 6.45) is 4.70. The van der Waals surface area contributed by atoms with E-state index in [-0.39, 0.29) is 0 Å². The van der Waals surface area contributed by atoms with Crippen LogP contribution in [-0.2, 0) is 0 Å². The molecule has 0 aliphatic heterocycles. The van der Waals surface area contributed by atoms with Crippen LogP contribution in [-0.4, -0.2) is 48.0 Å². The van der Waals surface area contributed by atoms with E-state index in [1.165, 1.54) is 17.3 Å². The molecular weight excluding hydrogens is 440 g/mol. The fourth-order valence-corrected chi connectivity index (χ4v) is 3.06. The minimum absolute atomic E-state index is 0.338. The van der Waals surface area contributed by atoms with Gasteiger partial charge in [0.05, 0.1) is 24.4 Å². The first kappa shape index (κ1) is 20.7. The number of para-hydroxylation sites is 2. The van der Waals surface area contributed by atoms with E-state index in [2.05, 4.69) is 31.2 Å². The highest BCUT2D eigenvalue weighted by atomic mass is 79.9. The van der Waals surface area contributed by atoms with Crippen molar-refractivity contribution in [1.82, 2.24) is 14.9 Å². The third-order valence-corrected chi connectivity index (χ3v) is 4.32. The molecule has 9 heteroatoms. The highest BCUT2D eigenvalue weighted by molar-refractivity contribution is 9.10. The fraction of sp³-hybridized carbons (Fsp3) is 0.250. The molecule has 1 heterocycles. The third kappa shape index (κ3) is 5.71. The molecule has 0 saturated heterocycles. The van der Waals surface area contributed by atoms with Crippen molar-refractivity contribution in [1.29, 1.82) is 0 Å². The quantitative estimate of drug-likeness (QED) is 0.338. The van der Waals surface area contributed by atoms with E-state index >= 15 is 0 Å². The van der Waals surface area contributed by atoms with Crippen molar-refractivity contribution in [2.24, 2.45) is 5.10 Å². The average Bonchev–Trinajstić information content (AvgIpc) is 3.25. The average molecular weight is 461 g/mol. The van der Waals surface area contributed by atoms with Gasteiger partial charge in [-0.05, 0) is 52.7 Å². The molecule has 8 nitrogen and oxygen atoms in total. The normalized spacial score (nSPS) is 10.9. The zero-order valence-corrected chi connectivity index (χ0v) is 17.7. The van der Waals surface area contributed by atoms with E-state index in [9.17, 15) is 0 Å². The van der Waals surface area contributed by atoms with Crippen LogP contribution in [0.2, 0.25) is 0 Å². The van der Waals surface area contributed by atoms with Crippen LogP contribution in [0, 0.1) is 0 Å². The number of hydrogen-bond acceptors (Lipinski definition) is 7. The molecule has 0 atom stereocenters. The van der Waals surface area contributed by atoms with Crippen LogP contribution in [0.15, 0.2) is 58.6 Å². The summed E-state index contributed by atoms with van der Waals surface area (Å²) in [6.45, 7) is 3.12. The van der Waals surface area contributed by atoms with Gasteiger partial charge in [-0.3, -0.25) is 0 Å². The highest BCUT2D eigenvalue weighted by Crippen LogP contribution is 2.36. The number of halogens is 1. The van der Waals surface area contributed by atoms with Gasteiger partial charge < -0.3 is 18.9 Å². The van der Waals surface area contributed by atoms with Gasteiger partial charge in [0.1, 0.15) is 25.9 Å². The van der Waals surface area contributed by atoms with Crippen LogP contribution >= 0.6 is 15.9 Å². The summed E-state index contributed by atoms with van der Waals surface area (Å²) in [7, 11) is 1.61. The van der Waals surface area contributed by atoms with Crippen molar-refractivity contribution in [3.05, 3.63) is 59.1 Å². The van der Waals surface area contributed by atoms with E-state index < -0.39 is 0 Å². The molecule has 0 spiro atoms. The van der Waals surface area contributed by atoms with Gasteiger partial charge in [-0.1, -0.05) is 12.1 Å². The van der Waals surface area contributed by atoms with E-state index in [0.29, 0.717) is 42.8 Å². The minimum atomic E-state index is 0.338. The zero-order chi connectivity index (χ0) is 20.5. The Bertz CT molecular complexity index is 948. The smallest absolute Gasteiger partial charge is 0.175 e. The number of aromatic nitrogens is 3. The Morgan fingerprint density at radius 3 is 2.45 bits per heavy atom. The minimum Gasteiger partial charge on any atom is -0.493 e. The van der Waals surface area contributed by atoms with Gasteiger partial charge in [0.15, 0.2) is 23.0 Å². The van der Waals surface area contributed by atoms with Gasteiger partial charge in [-0.15, -0.1) is 10.2 Å². The fourth-order valence-electron chi connectivity index (χ4n) is 2.49. The van der Waals surface area contributed by atoms with E-state index in [0.717, 1.165) is 10.0 Å². The number of hydrogen-bond donors (Lipinski definition) is 0. The first-order chi connectivity index (χ1) is 14.2. The molecule has 0 saturated carbocycles. The molecule has 0 aliphatic rings. The highest BCUT2D eigenvalue weighted by Gasteiger charge is 2.12. The van der Waals surface area contributed by atoms with Gasteiger partial charge in [0, 0.05) is 0 Å². The second kappa shape index (κ2) is 10.5. The molecule has 0 bridgehead atoms. The van der Waals surface area contributed by atoms with Crippen molar-refractivity contribution in [3.8, 4) is 23.0 Å². The van der Waals surface area contributed by atoms with Crippen molar-refractivity contribution in [2.45, 2.75) is 6.92 Å². The molecule has 152 valence electrons. The van der Waals surface area contributed by atoms with Gasteiger partial charge in [-0.2, -0.15) is 5.10 Å². The molecule has 3 aromatic rings. The molecule has 0 aliphatic carbocycles. The molecule has 0 radical (unpaired) electrons. The van der Waals surface area contributed by atoms with Crippen molar-refractivity contribution in [3.63, 3.8) is 0 Å².